The number of rotatable bonds is 9. The molecule has 5 nitrogen and oxygen atoms in total. The van der Waals surface area contributed by atoms with Gasteiger partial charge < -0.3 is 4.74 Å². The third-order valence-electron chi connectivity index (χ3n) is 4.13. The van der Waals surface area contributed by atoms with Crippen LogP contribution in [0.2, 0.25) is 5.02 Å². The number of ether oxygens (including phenoxy) is 1. The van der Waals surface area contributed by atoms with Crippen molar-refractivity contribution in [2.45, 2.75) is 30.5 Å². The second-order valence-corrected chi connectivity index (χ2v) is 8.03. The number of nitrogens with zero attached hydrogens (tertiary/aromatic N) is 3. The van der Waals surface area contributed by atoms with Gasteiger partial charge in [0.15, 0.2) is 16.8 Å². The Hall–Kier alpha value is -2.71. The number of allylic oxidation sites excluding steroid dienone is 1. The molecule has 2 aromatic carbocycles. The molecule has 0 radical (unpaired) electrons. The SMILES string of the molecule is C=CCn1c(COc2ccc(Cl)cc2)nnc1SC(C)C(=O)c1ccc(F)cc1F. The molecule has 30 heavy (non-hydrogen) atoms. The Morgan fingerprint density at radius 3 is 2.67 bits per heavy atom. The smallest absolute Gasteiger partial charge is 0.192 e. The maximum absolute atomic E-state index is 13.9. The van der Waals surface area contributed by atoms with Crippen LogP contribution in [0.15, 0.2) is 60.3 Å². The summed E-state index contributed by atoms with van der Waals surface area (Å²) >= 11 is 7.00. The molecule has 0 aliphatic carbocycles. The summed E-state index contributed by atoms with van der Waals surface area (Å²) in [5.74, 6) is -0.931. The van der Waals surface area contributed by atoms with Crippen LogP contribution in [-0.4, -0.2) is 25.8 Å². The molecule has 0 saturated carbocycles. The van der Waals surface area contributed by atoms with E-state index in [1.165, 1.54) is 0 Å². The van der Waals surface area contributed by atoms with E-state index >= 15 is 0 Å². The Bertz CT molecular complexity index is 1060. The topological polar surface area (TPSA) is 57.0 Å². The zero-order valence-corrected chi connectivity index (χ0v) is 17.6. The molecule has 156 valence electrons. The maximum Gasteiger partial charge on any atom is 0.192 e. The standard InChI is InChI=1S/C21H18ClF2N3O2S/c1-3-10-27-19(12-29-16-7-4-14(22)5-8-16)25-26-21(27)30-13(2)20(28)17-9-6-15(23)11-18(17)24/h3-9,11,13H,1,10,12H2,2H3. The second kappa shape index (κ2) is 9.86. The van der Waals surface area contributed by atoms with Crippen LogP contribution in [0.25, 0.3) is 0 Å². The van der Waals surface area contributed by atoms with Gasteiger partial charge in [-0.25, -0.2) is 8.78 Å². The molecule has 1 aromatic heterocycles. The average Bonchev–Trinajstić information content (AvgIpc) is 3.09. The highest BCUT2D eigenvalue weighted by Gasteiger charge is 2.23. The number of hydrogen-bond acceptors (Lipinski definition) is 5. The summed E-state index contributed by atoms with van der Waals surface area (Å²) in [5.41, 5.74) is -0.169. The summed E-state index contributed by atoms with van der Waals surface area (Å²) in [7, 11) is 0. The first-order valence-corrected chi connectivity index (χ1v) is 10.2. The molecule has 0 aliphatic rings. The van der Waals surface area contributed by atoms with Crippen molar-refractivity contribution in [1.82, 2.24) is 14.8 Å². The van der Waals surface area contributed by atoms with E-state index in [9.17, 15) is 13.6 Å². The van der Waals surface area contributed by atoms with Crippen LogP contribution in [0.4, 0.5) is 8.78 Å². The van der Waals surface area contributed by atoms with Gasteiger partial charge in [-0.05, 0) is 43.3 Å². The first kappa shape index (κ1) is 22.0. The maximum atomic E-state index is 13.9. The van der Waals surface area contributed by atoms with Crippen molar-refractivity contribution in [3.63, 3.8) is 0 Å². The lowest BCUT2D eigenvalue weighted by Gasteiger charge is -2.12. The third-order valence-corrected chi connectivity index (χ3v) is 5.47. The third kappa shape index (κ3) is 5.25. The van der Waals surface area contributed by atoms with Crippen LogP contribution in [0, 0.1) is 11.6 Å². The Kier molecular flexibility index (Phi) is 7.23. The van der Waals surface area contributed by atoms with Gasteiger partial charge in [0, 0.05) is 17.6 Å². The first-order valence-electron chi connectivity index (χ1n) is 8.96. The molecule has 1 unspecified atom stereocenters. The Balaban J connectivity index is 1.74. The molecule has 1 heterocycles. The van der Waals surface area contributed by atoms with Crippen LogP contribution in [0.5, 0.6) is 5.75 Å². The highest BCUT2D eigenvalue weighted by molar-refractivity contribution is 8.00. The van der Waals surface area contributed by atoms with Gasteiger partial charge in [0.2, 0.25) is 0 Å². The van der Waals surface area contributed by atoms with Gasteiger partial charge in [0.05, 0.1) is 10.8 Å². The van der Waals surface area contributed by atoms with E-state index in [2.05, 4.69) is 16.8 Å². The highest BCUT2D eigenvalue weighted by atomic mass is 35.5. The summed E-state index contributed by atoms with van der Waals surface area (Å²) in [5, 5.41) is 8.68. The minimum Gasteiger partial charge on any atom is -0.486 e. The zero-order chi connectivity index (χ0) is 21.7. The molecule has 0 saturated heterocycles. The predicted octanol–water partition coefficient (Wildman–Crippen LogP) is 5.34. The van der Waals surface area contributed by atoms with Crippen molar-refractivity contribution in [3.05, 3.63) is 83.2 Å². The van der Waals surface area contributed by atoms with Gasteiger partial charge in [0.1, 0.15) is 24.0 Å². The van der Waals surface area contributed by atoms with Gasteiger partial charge in [-0.3, -0.25) is 9.36 Å². The van der Waals surface area contributed by atoms with E-state index in [1.807, 2.05) is 0 Å². The molecule has 3 aromatic rings. The minimum absolute atomic E-state index is 0.151. The average molecular weight is 450 g/mol. The van der Waals surface area contributed by atoms with Crippen molar-refractivity contribution in [3.8, 4) is 5.75 Å². The number of benzene rings is 2. The molecule has 3 rings (SSSR count). The fourth-order valence-electron chi connectivity index (χ4n) is 2.62. The fourth-order valence-corrected chi connectivity index (χ4v) is 3.70. The Morgan fingerprint density at radius 2 is 2.00 bits per heavy atom. The van der Waals surface area contributed by atoms with E-state index in [4.69, 9.17) is 16.3 Å². The normalized spacial score (nSPS) is 11.9. The number of ketones is 1. The van der Waals surface area contributed by atoms with E-state index < -0.39 is 22.7 Å². The van der Waals surface area contributed by atoms with Crippen LogP contribution in [0.3, 0.4) is 0 Å². The van der Waals surface area contributed by atoms with Crippen LogP contribution in [0.1, 0.15) is 23.1 Å². The van der Waals surface area contributed by atoms with Crippen molar-refractivity contribution in [2.75, 3.05) is 0 Å². The summed E-state index contributed by atoms with van der Waals surface area (Å²) in [4.78, 5) is 12.6. The van der Waals surface area contributed by atoms with Gasteiger partial charge in [-0.15, -0.1) is 16.8 Å². The first-order chi connectivity index (χ1) is 14.4. The molecule has 1 atom stereocenters. The molecule has 0 aliphatic heterocycles. The van der Waals surface area contributed by atoms with Gasteiger partial charge in [0.25, 0.3) is 0 Å². The predicted molar refractivity (Wildman–Crippen MR) is 112 cm³/mol. The number of thioether (sulfide) groups is 1. The van der Waals surface area contributed by atoms with Gasteiger partial charge in [-0.2, -0.15) is 0 Å². The number of halogens is 3. The molecule has 0 amide bonds. The Labute approximate surface area is 181 Å². The highest BCUT2D eigenvalue weighted by Crippen LogP contribution is 2.26. The van der Waals surface area contributed by atoms with Gasteiger partial charge >= 0.3 is 0 Å². The summed E-state index contributed by atoms with van der Waals surface area (Å²) in [6.45, 7) is 5.92. The molecular formula is C21H18ClF2N3O2S. The molecule has 0 bridgehead atoms. The number of hydrogen-bond donors (Lipinski definition) is 0. The van der Waals surface area contributed by atoms with E-state index in [-0.39, 0.29) is 12.2 Å². The molecule has 0 spiro atoms. The van der Waals surface area contributed by atoms with Gasteiger partial charge in [-0.1, -0.05) is 29.4 Å². The number of aromatic nitrogens is 3. The quantitative estimate of drug-likeness (QED) is 0.251. The second-order valence-electron chi connectivity index (χ2n) is 6.29. The number of Topliss-reactive ketones (excluding diaryl/α,β-unsaturated/α-hetero) is 1. The lowest BCUT2D eigenvalue weighted by atomic mass is 10.1. The van der Waals surface area contributed by atoms with E-state index in [1.54, 1.807) is 41.8 Å². The van der Waals surface area contributed by atoms with Crippen molar-refractivity contribution in [1.29, 1.82) is 0 Å². The Morgan fingerprint density at radius 1 is 1.27 bits per heavy atom. The molecule has 0 fully saturated rings. The van der Waals surface area contributed by atoms with E-state index in [0.717, 1.165) is 23.9 Å². The van der Waals surface area contributed by atoms with E-state index in [0.29, 0.717) is 34.4 Å². The fraction of sp³-hybridized carbons (Fsp3) is 0.190. The zero-order valence-electron chi connectivity index (χ0n) is 16.0. The summed E-state index contributed by atoms with van der Waals surface area (Å²) in [6.07, 6.45) is 1.67. The summed E-state index contributed by atoms with van der Waals surface area (Å²) in [6, 6.07) is 9.80. The number of carbonyl (C=O) groups excluding carboxylic acids is 1. The largest absolute Gasteiger partial charge is 0.486 e. The number of carbonyl (C=O) groups is 1. The van der Waals surface area contributed by atoms with Crippen LogP contribution in [-0.2, 0) is 13.2 Å². The lowest BCUT2D eigenvalue weighted by Crippen LogP contribution is -2.17. The minimum atomic E-state index is -0.892. The molecule has 0 N–H and O–H groups in total. The summed E-state index contributed by atoms with van der Waals surface area (Å²) < 4.78 is 34.5. The molecular weight excluding hydrogens is 432 g/mol. The lowest BCUT2D eigenvalue weighted by molar-refractivity contribution is 0.0990. The van der Waals surface area contributed by atoms with Crippen molar-refractivity contribution >= 4 is 29.1 Å². The molecule has 9 heteroatoms. The van der Waals surface area contributed by atoms with Crippen LogP contribution >= 0.6 is 23.4 Å². The van der Waals surface area contributed by atoms with Crippen LogP contribution < -0.4 is 4.74 Å². The van der Waals surface area contributed by atoms with Crippen molar-refractivity contribution in [2.24, 2.45) is 0 Å². The van der Waals surface area contributed by atoms with Crippen molar-refractivity contribution < 1.29 is 18.3 Å². The monoisotopic (exact) mass is 449 g/mol.